The van der Waals surface area contributed by atoms with Crippen LogP contribution in [0.15, 0.2) is 53.9 Å². The molecule has 1 aromatic heterocycles. The van der Waals surface area contributed by atoms with Gasteiger partial charge in [0.1, 0.15) is 16.5 Å². The Balaban J connectivity index is 1.60. The molecule has 0 aliphatic carbocycles. The number of hydrogen-bond donors (Lipinski definition) is 1. The highest BCUT2D eigenvalue weighted by atomic mass is 35.5. The third-order valence-electron chi connectivity index (χ3n) is 5.44. The Labute approximate surface area is 196 Å². The number of thiazole rings is 1. The van der Waals surface area contributed by atoms with Crippen LogP contribution in [0.5, 0.6) is 5.75 Å². The summed E-state index contributed by atoms with van der Waals surface area (Å²) in [5.41, 5.74) is 1.80. The predicted molar refractivity (Wildman–Crippen MR) is 128 cm³/mol. The molecule has 0 spiro atoms. The number of fused-ring (bicyclic) bond motifs is 1. The normalized spacial score (nSPS) is 15.2. The van der Waals surface area contributed by atoms with E-state index in [4.69, 9.17) is 16.3 Å². The summed E-state index contributed by atoms with van der Waals surface area (Å²) in [7, 11) is 0. The van der Waals surface area contributed by atoms with E-state index in [2.05, 4.69) is 10.3 Å². The van der Waals surface area contributed by atoms with Crippen LogP contribution in [0.2, 0.25) is 5.02 Å². The molecule has 0 unspecified atom stereocenters. The molecule has 6 nitrogen and oxygen atoms in total. The highest BCUT2D eigenvalue weighted by Crippen LogP contribution is 2.35. The van der Waals surface area contributed by atoms with Gasteiger partial charge in [-0.25, -0.2) is 4.98 Å². The molecule has 8 heteroatoms. The van der Waals surface area contributed by atoms with Gasteiger partial charge >= 0.3 is 0 Å². The highest BCUT2D eigenvalue weighted by Gasteiger charge is 2.35. The molecule has 0 radical (unpaired) electrons. The van der Waals surface area contributed by atoms with Crippen molar-refractivity contribution in [3.05, 3.63) is 64.6 Å². The number of hydrogen-bond acceptors (Lipinski definition) is 5. The van der Waals surface area contributed by atoms with Crippen molar-refractivity contribution in [2.24, 2.45) is 0 Å². The number of nitrogens with zero attached hydrogens (tertiary/aromatic N) is 2. The average Bonchev–Trinajstić information content (AvgIpc) is 3.31. The van der Waals surface area contributed by atoms with Gasteiger partial charge in [0.15, 0.2) is 6.10 Å². The maximum atomic E-state index is 13.4. The van der Waals surface area contributed by atoms with E-state index in [9.17, 15) is 9.59 Å². The zero-order valence-electron chi connectivity index (χ0n) is 17.9. The number of carbonyl (C=O) groups is 2. The molecule has 0 fully saturated rings. The van der Waals surface area contributed by atoms with Crippen LogP contribution in [-0.2, 0) is 4.79 Å². The van der Waals surface area contributed by atoms with E-state index in [0.717, 1.165) is 18.4 Å². The summed E-state index contributed by atoms with van der Waals surface area (Å²) in [6.45, 7) is 4.17. The minimum absolute atomic E-state index is 0.0752. The minimum atomic E-state index is -0.791. The molecule has 166 valence electrons. The second-order valence-corrected chi connectivity index (χ2v) is 8.85. The summed E-state index contributed by atoms with van der Waals surface area (Å²) in [4.78, 5) is 32.4. The van der Waals surface area contributed by atoms with Crippen LogP contribution in [-0.4, -0.2) is 35.5 Å². The van der Waals surface area contributed by atoms with Crippen molar-refractivity contribution in [3.8, 4) is 16.3 Å². The Morgan fingerprint density at radius 3 is 2.75 bits per heavy atom. The van der Waals surface area contributed by atoms with Crippen LogP contribution in [0.1, 0.15) is 37.2 Å². The Kier molecular flexibility index (Phi) is 6.77. The molecular formula is C24H24ClN3O3S. The van der Waals surface area contributed by atoms with Gasteiger partial charge in [0.2, 0.25) is 0 Å². The largest absolute Gasteiger partial charge is 0.477 e. The van der Waals surface area contributed by atoms with Gasteiger partial charge in [-0.15, -0.1) is 11.3 Å². The lowest BCUT2D eigenvalue weighted by molar-refractivity contribution is -0.128. The van der Waals surface area contributed by atoms with E-state index in [1.54, 1.807) is 22.4 Å². The Morgan fingerprint density at radius 1 is 1.22 bits per heavy atom. The van der Waals surface area contributed by atoms with Gasteiger partial charge in [0.05, 0.1) is 12.2 Å². The third kappa shape index (κ3) is 4.64. The smallest absolute Gasteiger partial charge is 0.278 e. The molecule has 0 saturated heterocycles. The Morgan fingerprint density at radius 2 is 2.00 bits per heavy atom. The molecule has 1 N–H and O–H groups in total. The molecule has 2 heterocycles. The number of nitrogens with one attached hydrogen (secondary N) is 1. The minimum Gasteiger partial charge on any atom is -0.477 e. The second-order valence-electron chi connectivity index (χ2n) is 7.56. The number of para-hydroxylation sites is 2. The van der Waals surface area contributed by atoms with Crippen LogP contribution < -0.4 is 15.0 Å². The van der Waals surface area contributed by atoms with E-state index < -0.39 is 6.10 Å². The number of amides is 2. The summed E-state index contributed by atoms with van der Waals surface area (Å²) in [5, 5.41) is 6.07. The SMILES string of the molecule is CCC(CC)NC(=O)[C@H]1CN(C(=O)c2csc(-c3cccc(Cl)c3)n2)c2ccccc2O1. The molecule has 0 bridgehead atoms. The molecule has 1 aliphatic rings. The van der Waals surface area contributed by atoms with E-state index in [1.807, 2.05) is 50.2 Å². The zero-order chi connectivity index (χ0) is 22.7. The number of halogens is 1. The number of carbonyl (C=O) groups excluding carboxylic acids is 2. The quantitative estimate of drug-likeness (QED) is 0.540. The summed E-state index contributed by atoms with van der Waals surface area (Å²) in [5.74, 6) is 0.0107. The fourth-order valence-corrected chi connectivity index (χ4v) is 4.60. The van der Waals surface area contributed by atoms with Gasteiger partial charge in [-0.2, -0.15) is 0 Å². The molecule has 4 rings (SSSR count). The lowest BCUT2D eigenvalue weighted by Crippen LogP contribution is -2.52. The van der Waals surface area contributed by atoms with Crippen molar-refractivity contribution in [2.75, 3.05) is 11.4 Å². The van der Waals surface area contributed by atoms with E-state index >= 15 is 0 Å². The van der Waals surface area contributed by atoms with Crippen molar-refractivity contribution in [3.63, 3.8) is 0 Å². The van der Waals surface area contributed by atoms with Gasteiger partial charge in [0, 0.05) is 22.0 Å². The van der Waals surface area contributed by atoms with Crippen molar-refractivity contribution >= 4 is 40.4 Å². The van der Waals surface area contributed by atoms with Gasteiger partial charge in [-0.1, -0.05) is 49.7 Å². The first-order valence-electron chi connectivity index (χ1n) is 10.6. The molecule has 3 aromatic rings. The molecule has 1 atom stereocenters. The topological polar surface area (TPSA) is 71.5 Å². The van der Waals surface area contributed by atoms with Gasteiger partial charge in [-0.3, -0.25) is 14.5 Å². The second kappa shape index (κ2) is 9.71. The molecular weight excluding hydrogens is 446 g/mol. The number of anilines is 1. The van der Waals surface area contributed by atoms with E-state index in [0.29, 0.717) is 27.2 Å². The summed E-state index contributed by atoms with van der Waals surface area (Å²) < 4.78 is 5.95. The molecule has 32 heavy (non-hydrogen) atoms. The first kappa shape index (κ1) is 22.3. The molecule has 0 saturated carbocycles. The van der Waals surface area contributed by atoms with Crippen molar-refractivity contribution in [2.45, 2.75) is 38.8 Å². The van der Waals surface area contributed by atoms with Crippen molar-refractivity contribution < 1.29 is 14.3 Å². The Bertz CT molecular complexity index is 1130. The summed E-state index contributed by atoms with van der Waals surface area (Å²) >= 11 is 7.47. The van der Waals surface area contributed by atoms with Crippen LogP contribution in [0.25, 0.3) is 10.6 Å². The number of rotatable bonds is 6. The van der Waals surface area contributed by atoms with Crippen molar-refractivity contribution in [1.82, 2.24) is 10.3 Å². The van der Waals surface area contributed by atoms with Gasteiger partial charge < -0.3 is 10.1 Å². The lowest BCUT2D eigenvalue weighted by atomic mass is 10.1. The van der Waals surface area contributed by atoms with Crippen molar-refractivity contribution in [1.29, 1.82) is 0 Å². The predicted octanol–water partition coefficient (Wildman–Crippen LogP) is 5.18. The lowest BCUT2D eigenvalue weighted by Gasteiger charge is -2.34. The van der Waals surface area contributed by atoms with E-state index in [-0.39, 0.29) is 24.4 Å². The molecule has 2 aromatic carbocycles. The van der Waals surface area contributed by atoms with E-state index in [1.165, 1.54) is 11.3 Å². The van der Waals surface area contributed by atoms with Gasteiger partial charge in [-0.05, 0) is 37.1 Å². The van der Waals surface area contributed by atoms with Gasteiger partial charge in [0.25, 0.3) is 11.8 Å². The third-order valence-corrected chi connectivity index (χ3v) is 6.56. The van der Waals surface area contributed by atoms with Crippen LogP contribution in [0.4, 0.5) is 5.69 Å². The Hall–Kier alpha value is -2.90. The standard InChI is InChI=1S/C24H24ClN3O3S/c1-3-17(4-2)26-22(29)21-13-28(19-10-5-6-11-20(19)31-21)24(30)18-14-32-23(27-18)15-8-7-9-16(25)12-15/h5-12,14,17,21H,3-4,13H2,1-2H3,(H,26,29)/t21-/m1/s1. The number of aromatic nitrogens is 1. The van der Waals surface area contributed by atoms with Crippen LogP contribution in [0, 0.1) is 0 Å². The average molecular weight is 470 g/mol. The fraction of sp³-hybridized carbons (Fsp3) is 0.292. The van der Waals surface area contributed by atoms with Crippen LogP contribution in [0.3, 0.4) is 0 Å². The highest BCUT2D eigenvalue weighted by molar-refractivity contribution is 7.13. The van der Waals surface area contributed by atoms with Crippen LogP contribution >= 0.6 is 22.9 Å². The molecule has 2 amide bonds. The first-order valence-corrected chi connectivity index (χ1v) is 11.8. The monoisotopic (exact) mass is 469 g/mol. The maximum absolute atomic E-state index is 13.4. The summed E-state index contributed by atoms with van der Waals surface area (Å²) in [6, 6.07) is 14.7. The fourth-order valence-electron chi connectivity index (χ4n) is 3.61. The number of ether oxygens (including phenoxy) is 1. The molecule has 1 aliphatic heterocycles. The number of benzene rings is 2. The zero-order valence-corrected chi connectivity index (χ0v) is 19.4. The summed E-state index contributed by atoms with van der Waals surface area (Å²) in [6.07, 6.45) is 0.874. The maximum Gasteiger partial charge on any atom is 0.278 e. The first-order chi connectivity index (χ1) is 15.5.